The molecule has 4 saturated heterocycles. The SMILES string of the molecule is CC(C)(C)OC(=O)N1CCCC1C(=O)N1CCCC1C(=O)O.CCCCCC(NC(=O)OC(C)(C)C)C(=O)O.NC(=N[N+](=O)[O-])NCCCC(CC(=O)C1CCCN1C(=O)C1CCCN1)C(=O)OCc1ccccc1.NC(=N[N+](=O)[O-])NCCCC(N)OOC(=O)c1ccccc1. The van der Waals surface area contributed by atoms with Crippen molar-refractivity contribution in [3.05, 3.63) is 92.0 Å². The first-order chi connectivity index (χ1) is 45.8. The molecule has 97 heavy (non-hydrogen) atoms. The van der Waals surface area contributed by atoms with E-state index in [2.05, 4.69) is 36.4 Å². The highest BCUT2D eigenvalue weighted by molar-refractivity contribution is 5.94. The molecule has 0 aromatic heterocycles. The fraction of sp³-hybridized carbons (Fsp3) is 0.635. The van der Waals surface area contributed by atoms with E-state index < -0.39 is 93.6 Å². The number of esters is 1. The molecular formula is C63H98N14O20. The van der Waals surface area contributed by atoms with Crippen LogP contribution in [0.15, 0.2) is 70.9 Å². The number of benzene rings is 2. The zero-order valence-corrected chi connectivity index (χ0v) is 56.4. The second-order valence-electron chi connectivity index (χ2n) is 25.1. The number of amides is 4. The van der Waals surface area contributed by atoms with E-state index in [-0.39, 0.29) is 55.1 Å². The second kappa shape index (κ2) is 42.3. The number of Topliss-reactive ketones (excluding diaryl/α,β-unsaturated/α-hetero) is 1. The number of guanidine groups is 2. The van der Waals surface area contributed by atoms with Crippen LogP contribution in [0.25, 0.3) is 0 Å². The number of hydrazone groups is 2. The molecule has 34 nitrogen and oxygen atoms in total. The van der Waals surface area contributed by atoms with Gasteiger partial charge in [-0.1, -0.05) is 74.7 Å². The van der Waals surface area contributed by atoms with E-state index in [1.54, 1.807) is 76.8 Å². The third kappa shape index (κ3) is 32.3. The standard InChI is InChI=1S/C24H34N6O6.C15H24N2O5.C12H17N5O5.C12H23NO4/c25-24(28-30(34)35)27-13-4-9-18(23(33)36-16-17-7-2-1-3-8-17)15-21(31)20-11-6-14-29(20)22(32)19-10-5-12-26-19;1-15(2,3)22-14(21)17-9-4-6-10(17)12(18)16-8-5-7-11(16)13(19)20;13-10(7-4-8-15-12(14)16-17(19)20)21-22-11(18)9-5-2-1-3-6-9;1-5-6-7-8-9(10(14)15)13-11(16)17-12(2,3)4/h1-3,7-8,18-20,26H,4-6,9-16H2,(H3,25,27,28);10-11H,4-9H2,1-3H3,(H,19,20);1-3,5-6,10H,4,7-8,13H2,(H3,14,15,16);9H,5-8H2,1-4H3,(H,13,16)(H,14,15). The van der Waals surface area contributed by atoms with Crippen molar-refractivity contribution >= 4 is 65.6 Å². The molecule has 0 radical (unpaired) electrons. The van der Waals surface area contributed by atoms with Gasteiger partial charge in [0.1, 0.15) is 46.1 Å². The summed E-state index contributed by atoms with van der Waals surface area (Å²) < 4.78 is 15.9. The Morgan fingerprint density at radius 2 is 1.22 bits per heavy atom. The number of carbonyl (C=O) groups is 9. The number of carboxylic acids is 2. The van der Waals surface area contributed by atoms with Crippen molar-refractivity contribution in [1.29, 1.82) is 0 Å². The summed E-state index contributed by atoms with van der Waals surface area (Å²) in [6.07, 6.45) is 8.15. The molecule has 4 amide bonds. The van der Waals surface area contributed by atoms with Crippen LogP contribution in [-0.2, 0) is 59.4 Å². The summed E-state index contributed by atoms with van der Waals surface area (Å²) in [4.78, 5) is 143. The number of alkyl carbamates (subject to hydrolysis) is 1. The van der Waals surface area contributed by atoms with Crippen molar-refractivity contribution in [1.82, 2.24) is 36.0 Å². The number of nitro groups is 2. The Balaban J connectivity index is 0.000000352. The third-order valence-corrected chi connectivity index (χ3v) is 15.0. The lowest BCUT2D eigenvalue weighted by Gasteiger charge is -2.31. The van der Waals surface area contributed by atoms with Crippen molar-refractivity contribution < 1.29 is 87.4 Å². The van der Waals surface area contributed by atoms with Gasteiger partial charge in [0.05, 0.1) is 23.6 Å². The van der Waals surface area contributed by atoms with Crippen molar-refractivity contribution in [2.24, 2.45) is 33.3 Å². The lowest BCUT2D eigenvalue weighted by atomic mass is 9.93. The Morgan fingerprint density at radius 3 is 1.74 bits per heavy atom. The predicted molar refractivity (Wildman–Crippen MR) is 351 cm³/mol. The fourth-order valence-corrected chi connectivity index (χ4v) is 10.4. The lowest BCUT2D eigenvalue weighted by molar-refractivity contribution is -0.485. The summed E-state index contributed by atoms with van der Waals surface area (Å²) >= 11 is 0. The summed E-state index contributed by atoms with van der Waals surface area (Å²) in [7, 11) is 0. The molecule has 7 unspecified atom stereocenters. The monoisotopic (exact) mass is 1370 g/mol. The van der Waals surface area contributed by atoms with Crippen LogP contribution in [0, 0.1) is 26.1 Å². The number of unbranched alkanes of at least 4 members (excludes halogenated alkanes) is 2. The van der Waals surface area contributed by atoms with Crippen molar-refractivity contribution in [2.75, 3.05) is 39.3 Å². The number of hydrogen-bond donors (Lipinski definition) is 9. The molecule has 0 saturated carbocycles. The Labute approximate surface area is 563 Å². The summed E-state index contributed by atoms with van der Waals surface area (Å²) in [5.74, 6) is -4.94. The largest absolute Gasteiger partial charge is 0.480 e. The molecule has 12 N–H and O–H groups in total. The molecular weight excluding hydrogens is 1270 g/mol. The number of carboxylic acid groups (broad SMARTS) is 2. The van der Waals surface area contributed by atoms with Crippen LogP contribution >= 0.6 is 0 Å². The summed E-state index contributed by atoms with van der Waals surface area (Å²) in [5, 5.41) is 53.3. The number of nitrogens with two attached hydrogens (primary N) is 3. The predicted octanol–water partition coefficient (Wildman–Crippen LogP) is 4.87. The highest BCUT2D eigenvalue weighted by atomic mass is 17.2. The van der Waals surface area contributed by atoms with E-state index in [1.165, 1.54) is 9.80 Å². The van der Waals surface area contributed by atoms with E-state index in [0.29, 0.717) is 89.5 Å². The first-order valence-corrected chi connectivity index (χ1v) is 32.5. The molecule has 0 spiro atoms. The van der Waals surface area contributed by atoms with Gasteiger partial charge in [-0.25, -0.2) is 44.2 Å². The maximum Gasteiger partial charge on any atom is 0.410 e. The summed E-state index contributed by atoms with van der Waals surface area (Å²) in [6, 6.07) is 14.5. The first-order valence-electron chi connectivity index (χ1n) is 32.5. The van der Waals surface area contributed by atoms with Gasteiger partial charge in [0, 0.05) is 39.1 Å². The van der Waals surface area contributed by atoms with Gasteiger partial charge in [-0.05, 0) is 149 Å². The van der Waals surface area contributed by atoms with Crippen molar-refractivity contribution in [2.45, 2.75) is 212 Å². The van der Waals surface area contributed by atoms with E-state index in [4.69, 9.17) is 41.4 Å². The van der Waals surface area contributed by atoms with Crippen LogP contribution < -0.4 is 38.5 Å². The smallest absolute Gasteiger partial charge is 0.410 e. The van der Waals surface area contributed by atoms with Crippen LogP contribution in [0.5, 0.6) is 0 Å². The summed E-state index contributed by atoms with van der Waals surface area (Å²) in [6.45, 7) is 15.5. The number of rotatable bonds is 28. The minimum atomic E-state index is -1.02. The maximum absolute atomic E-state index is 13.3. The fourth-order valence-electron chi connectivity index (χ4n) is 10.4. The Morgan fingerprint density at radius 1 is 0.680 bits per heavy atom. The molecule has 4 aliphatic rings. The highest BCUT2D eigenvalue weighted by Gasteiger charge is 2.44. The molecule has 6 rings (SSSR count). The number of nitrogens with zero attached hydrogens (tertiary/aromatic N) is 7. The van der Waals surface area contributed by atoms with Gasteiger partial charge in [-0.3, -0.25) is 29.0 Å². The van der Waals surface area contributed by atoms with Gasteiger partial charge in [0.2, 0.25) is 11.8 Å². The normalized spacial score (nSPS) is 18.5. The van der Waals surface area contributed by atoms with E-state index >= 15 is 0 Å². The number of nitrogens with one attached hydrogen (secondary N) is 4. The maximum atomic E-state index is 13.3. The van der Waals surface area contributed by atoms with Gasteiger partial charge < -0.3 is 72.7 Å². The lowest BCUT2D eigenvalue weighted by Crippen LogP contribution is -2.51. The van der Waals surface area contributed by atoms with Crippen LogP contribution in [0.2, 0.25) is 0 Å². The molecule has 2 aromatic carbocycles. The van der Waals surface area contributed by atoms with Crippen molar-refractivity contribution in [3.8, 4) is 0 Å². The van der Waals surface area contributed by atoms with E-state index in [9.17, 15) is 68.5 Å². The average Bonchev–Trinajstić information content (AvgIpc) is 1.69. The average molecular weight is 1370 g/mol. The van der Waals surface area contributed by atoms with Gasteiger partial charge in [-0.2, -0.15) is 4.89 Å². The Hall–Kier alpha value is -9.31. The minimum Gasteiger partial charge on any atom is -0.480 e. The molecule has 7 atom stereocenters. The number of ether oxygens (including phenoxy) is 3. The van der Waals surface area contributed by atoms with Crippen LogP contribution in [0.3, 0.4) is 0 Å². The van der Waals surface area contributed by atoms with Crippen LogP contribution in [0.4, 0.5) is 9.59 Å². The van der Waals surface area contributed by atoms with Crippen molar-refractivity contribution in [3.63, 3.8) is 0 Å². The molecule has 4 aliphatic heterocycles. The summed E-state index contributed by atoms with van der Waals surface area (Å²) in [5.41, 5.74) is 16.2. The molecule has 4 heterocycles. The molecule has 2 aromatic rings. The van der Waals surface area contributed by atoms with Gasteiger partial charge in [0.15, 0.2) is 22.1 Å². The second-order valence-corrected chi connectivity index (χ2v) is 25.1. The quantitative estimate of drug-likeness (QED) is 0.00631. The van der Waals surface area contributed by atoms with Crippen LogP contribution in [-0.4, -0.2) is 187 Å². The van der Waals surface area contributed by atoms with Crippen LogP contribution in [0.1, 0.15) is 174 Å². The van der Waals surface area contributed by atoms with Gasteiger partial charge in [0.25, 0.3) is 11.9 Å². The molecule has 34 heteroatoms. The zero-order chi connectivity index (χ0) is 72.3. The first kappa shape index (κ1) is 81.9. The Kier molecular flexibility index (Phi) is 35.7. The Bertz CT molecular complexity index is 2940. The van der Waals surface area contributed by atoms with Gasteiger partial charge >= 0.3 is 36.1 Å². The topological polar surface area (TPSA) is 487 Å². The number of aliphatic carboxylic acids is 2. The molecule has 540 valence electrons. The molecule has 0 aliphatic carbocycles. The van der Waals surface area contributed by atoms with E-state index in [1.807, 2.05) is 37.3 Å². The molecule has 0 bridgehead atoms. The highest BCUT2D eigenvalue weighted by Crippen LogP contribution is 2.28. The number of carbonyl (C=O) groups excluding carboxylic acids is 7. The zero-order valence-electron chi connectivity index (χ0n) is 56.4. The number of ketones is 1. The molecule has 4 fully saturated rings. The van der Waals surface area contributed by atoms with E-state index in [0.717, 1.165) is 57.1 Å². The minimum absolute atomic E-state index is 0.0430. The van der Waals surface area contributed by atoms with Gasteiger partial charge in [-0.15, -0.1) is 0 Å². The number of hydrogen-bond acceptors (Lipinski definition) is 20. The third-order valence-electron chi connectivity index (χ3n) is 15.0. The number of likely N-dealkylation sites (tertiary alicyclic amines) is 3.